The third-order valence-corrected chi connectivity index (χ3v) is 6.86. The summed E-state index contributed by atoms with van der Waals surface area (Å²) in [6.45, 7) is 2.79. The Hall–Kier alpha value is -2.31. The monoisotopic (exact) mass is 459 g/mol. The van der Waals surface area contributed by atoms with Gasteiger partial charge in [-0.15, -0.1) is 0 Å². The molecule has 6 heteroatoms. The first-order valence-corrected chi connectivity index (χ1v) is 12.1. The Balaban J connectivity index is 1.52. The minimum atomic E-state index is -1.29. The van der Waals surface area contributed by atoms with Gasteiger partial charge in [0.1, 0.15) is 17.2 Å². The van der Waals surface area contributed by atoms with Crippen LogP contribution in [0.2, 0.25) is 0 Å². The van der Waals surface area contributed by atoms with Crippen molar-refractivity contribution in [2.75, 3.05) is 19.6 Å². The lowest BCUT2D eigenvalue weighted by atomic mass is 9.72. The highest BCUT2D eigenvalue weighted by Crippen LogP contribution is 2.42. The average Bonchev–Trinajstić information content (AvgIpc) is 2.81. The summed E-state index contributed by atoms with van der Waals surface area (Å²) < 4.78 is 27.1. The summed E-state index contributed by atoms with van der Waals surface area (Å²) in [5, 5.41) is 20.6. The van der Waals surface area contributed by atoms with Crippen LogP contribution in [0.25, 0.3) is 0 Å². The van der Waals surface area contributed by atoms with Crippen molar-refractivity contribution in [1.82, 2.24) is 4.90 Å². The van der Waals surface area contributed by atoms with E-state index in [4.69, 9.17) is 5.11 Å². The fraction of sp³-hybridized carbons (Fsp3) is 0.519. The molecule has 0 amide bonds. The minimum absolute atomic E-state index is 0.0427. The zero-order valence-electron chi connectivity index (χ0n) is 19.2. The zero-order valence-corrected chi connectivity index (χ0v) is 19.2. The van der Waals surface area contributed by atoms with E-state index in [0.29, 0.717) is 11.1 Å². The number of nitrogens with zero attached hydrogens (tertiary/aromatic N) is 1. The quantitative estimate of drug-likeness (QED) is 0.398. The summed E-state index contributed by atoms with van der Waals surface area (Å²) in [4.78, 5) is 13.0. The highest BCUT2D eigenvalue weighted by Gasteiger charge is 2.41. The maximum atomic E-state index is 13.5. The Morgan fingerprint density at radius 3 is 1.76 bits per heavy atom. The summed E-state index contributed by atoms with van der Waals surface area (Å²) in [5.74, 6) is -1.46. The first kappa shape index (κ1) is 25.3. The van der Waals surface area contributed by atoms with Crippen molar-refractivity contribution in [3.8, 4) is 0 Å². The first-order valence-electron chi connectivity index (χ1n) is 12.1. The van der Waals surface area contributed by atoms with Gasteiger partial charge in [0.25, 0.3) is 0 Å². The molecule has 0 aliphatic carbocycles. The molecule has 33 heavy (non-hydrogen) atoms. The van der Waals surface area contributed by atoms with Crippen molar-refractivity contribution in [2.24, 2.45) is 5.92 Å². The van der Waals surface area contributed by atoms with Crippen molar-refractivity contribution in [3.05, 3.63) is 71.3 Å². The van der Waals surface area contributed by atoms with E-state index in [9.17, 15) is 18.7 Å². The summed E-state index contributed by atoms with van der Waals surface area (Å²) in [7, 11) is 0. The average molecular weight is 460 g/mol. The largest absolute Gasteiger partial charge is 0.481 e. The fourth-order valence-electron chi connectivity index (χ4n) is 4.94. The Morgan fingerprint density at radius 1 is 0.818 bits per heavy atom. The second-order valence-corrected chi connectivity index (χ2v) is 9.16. The van der Waals surface area contributed by atoms with Gasteiger partial charge in [0.15, 0.2) is 0 Å². The molecule has 1 aliphatic rings. The number of halogens is 2. The summed E-state index contributed by atoms with van der Waals surface area (Å²) in [6.07, 6.45) is 8.07. The molecule has 1 heterocycles. The van der Waals surface area contributed by atoms with Crippen molar-refractivity contribution in [3.63, 3.8) is 0 Å². The van der Waals surface area contributed by atoms with Gasteiger partial charge >= 0.3 is 5.97 Å². The van der Waals surface area contributed by atoms with E-state index in [-0.39, 0.29) is 24.0 Å². The Labute approximate surface area is 195 Å². The summed E-state index contributed by atoms with van der Waals surface area (Å²) in [5.41, 5.74) is -0.0163. The predicted molar refractivity (Wildman–Crippen MR) is 125 cm³/mol. The van der Waals surface area contributed by atoms with E-state index in [1.54, 1.807) is 24.3 Å². The van der Waals surface area contributed by atoms with Crippen LogP contribution in [0.4, 0.5) is 8.78 Å². The number of hydrogen-bond donors (Lipinski definition) is 2. The van der Waals surface area contributed by atoms with Crippen LogP contribution in [0.1, 0.15) is 68.9 Å². The molecule has 4 nitrogen and oxygen atoms in total. The molecule has 1 aliphatic heterocycles. The van der Waals surface area contributed by atoms with Gasteiger partial charge in [-0.1, -0.05) is 49.9 Å². The molecule has 3 rings (SSSR count). The van der Waals surface area contributed by atoms with Crippen LogP contribution in [0.15, 0.2) is 48.5 Å². The van der Waals surface area contributed by atoms with Crippen molar-refractivity contribution < 1.29 is 23.8 Å². The van der Waals surface area contributed by atoms with Crippen LogP contribution in [-0.2, 0) is 10.4 Å². The number of likely N-dealkylation sites (tertiary alicyclic amines) is 1. The molecule has 2 N–H and O–H groups in total. The molecule has 180 valence electrons. The van der Waals surface area contributed by atoms with Crippen LogP contribution in [0, 0.1) is 17.6 Å². The Morgan fingerprint density at radius 2 is 1.27 bits per heavy atom. The van der Waals surface area contributed by atoms with Crippen LogP contribution in [0.5, 0.6) is 0 Å². The molecular weight excluding hydrogens is 424 g/mol. The van der Waals surface area contributed by atoms with E-state index < -0.39 is 11.6 Å². The maximum absolute atomic E-state index is 13.5. The number of benzene rings is 2. The molecule has 0 saturated carbocycles. The second-order valence-electron chi connectivity index (χ2n) is 9.16. The van der Waals surface area contributed by atoms with E-state index in [1.807, 2.05) is 0 Å². The van der Waals surface area contributed by atoms with Crippen LogP contribution in [0.3, 0.4) is 0 Å². The number of carboxylic acids is 1. The number of carbonyl (C=O) groups is 1. The molecule has 0 spiro atoms. The van der Waals surface area contributed by atoms with Crippen molar-refractivity contribution in [1.29, 1.82) is 0 Å². The molecule has 1 saturated heterocycles. The smallest absolute Gasteiger partial charge is 0.303 e. The van der Waals surface area contributed by atoms with E-state index in [0.717, 1.165) is 71.0 Å². The van der Waals surface area contributed by atoms with E-state index in [2.05, 4.69) is 4.90 Å². The highest BCUT2D eigenvalue weighted by molar-refractivity contribution is 5.66. The predicted octanol–water partition coefficient (Wildman–Crippen LogP) is 5.73. The van der Waals surface area contributed by atoms with Crippen molar-refractivity contribution in [2.45, 2.75) is 63.4 Å². The SMILES string of the molecule is O=C(O)CCCCCCCCN1CCC(C(O)(c2ccc(F)cc2)c2ccc(F)cc2)CC1. The fourth-order valence-corrected chi connectivity index (χ4v) is 4.94. The maximum Gasteiger partial charge on any atom is 0.303 e. The van der Waals surface area contributed by atoms with Gasteiger partial charge in [-0.05, 0) is 86.6 Å². The van der Waals surface area contributed by atoms with Crippen LogP contribution >= 0.6 is 0 Å². The molecule has 0 aromatic heterocycles. The second kappa shape index (κ2) is 12.2. The van der Waals surface area contributed by atoms with Gasteiger partial charge in [-0.3, -0.25) is 4.79 Å². The number of hydrogen-bond acceptors (Lipinski definition) is 3. The standard InChI is InChI=1S/C27H35F2NO3/c28-24-12-8-21(9-13-24)27(33,22-10-14-25(29)15-11-22)23-16-19-30(20-17-23)18-6-4-2-1-3-5-7-26(31)32/h8-15,23,33H,1-7,16-20H2,(H,31,32). The van der Waals surface area contributed by atoms with Gasteiger partial charge in [0.2, 0.25) is 0 Å². The lowest BCUT2D eigenvalue weighted by Crippen LogP contribution is -2.44. The molecule has 0 atom stereocenters. The van der Waals surface area contributed by atoms with Crippen molar-refractivity contribution >= 4 is 5.97 Å². The normalized spacial score (nSPS) is 15.6. The molecule has 1 fully saturated rings. The Kier molecular flexibility index (Phi) is 9.39. The van der Waals surface area contributed by atoms with Crippen LogP contribution in [-0.4, -0.2) is 40.7 Å². The van der Waals surface area contributed by atoms with E-state index in [1.165, 1.54) is 24.3 Å². The zero-order chi connectivity index (χ0) is 23.7. The lowest BCUT2D eigenvalue weighted by molar-refractivity contribution is -0.137. The number of carboxylic acid groups (broad SMARTS) is 1. The van der Waals surface area contributed by atoms with Gasteiger partial charge in [-0.2, -0.15) is 0 Å². The van der Waals surface area contributed by atoms with Crippen LogP contribution < -0.4 is 0 Å². The number of piperidine rings is 1. The summed E-state index contributed by atoms with van der Waals surface area (Å²) >= 11 is 0. The molecule has 0 bridgehead atoms. The Bertz CT molecular complexity index is 816. The number of rotatable bonds is 12. The van der Waals surface area contributed by atoms with Gasteiger partial charge in [0, 0.05) is 6.42 Å². The minimum Gasteiger partial charge on any atom is -0.481 e. The molecule has 2 aromatic carbocycles. The molecule has 2 aromatic rings. The number of unbranched alkanes of at least 4 members (excludes halogenated alkanes) is 5. The number of aliphatic carboxylic acids is 1. The van der Waals surface area contributed by atoms with Gasteiger partial charge in [0.05, 0.1) is 0 Å². The number of aliphatic hydroxyl groups is 1. The lowest BCUT2D eigenvalue weighted by Gasteiger charge is -2.42. The van der Waals surface area contributed by atoms with Gasteiger partial charge < -0.3 is 15.1 Å². The summed E-state index contributed by atoms with van der Waals surface area (Å²) in [6, 6.07) is 12.0. The molecule has 0 radical (unpaired) electrons. The molecular formula is C27H35F2NO3. The van der Waals surface area contributed by atoms with E-state index >= 15 is 0 Å². The topological polar surface area (TPSA) is 60.8 Å². The highest BCUT2D eigenvalue weighted by atomic mass is 19.1. The molecule has 0 unspecified atom stereocenters. The third-order valence-electron chi connectivity index (χ3n) is 6.86. The third kappa shape index (κ3) is 7.08. The first-order chi connectivity index (χ1) is 15.9. The van der Waals surface area contributed by atoms with Gasteiger partial charge in [-0.25, -0.2) is 8.78 Å².